The van der Waals surface area contributed by atoms with Crippen molar-refractivity contribution in [3.63, 3.8) is 0 Å². The van der Waals surface area contributed by atoms with Gasteiger partial charge in [0.2, 0.25) is 5.91 Å². The van der Waals surface area contributed by atoms with E-state index in [-0.39, 0.29) is 22.2 Å². The van der Waals surface area contributed by atoms with Gasteiger partial charge in [0, 0.05) is 12.2 Å². The molecule has 5 N–H and O–H groups in total. The Labute approximate surface area is 190 Å². The number of benzene rings is 2. The Kier molecular flexibility index (Phi) is 6.89. The standard InChI is InChI=1S/C23H25N5O3S/c1-13-8-7-11-17(14(13)2)28(23(31)20-18(24)19(21(25)29)27-32-20)15(3)22(30)26-12-16-9-5-4-6-10-16/h4-11,15H,12,24H2,1-3H3,(H2,25,29)(H,26,30)/t15-/m1/s1. The fourth-order valence-corrected chi connectivity index (χ4v) is 4.02. The number of amides is 3. The zero-order valence-corrected chi connectivity index (χ0v) is 18.9. The Morgan fingerprint density at radius 3 is 2.41 bits per heavy atom. The van der Waals surface area contributed by atoms with E-state index >= 15 is 0 Å². The van der Waals surface area contributed by atoms with Crippen LogP contribution in [0.25, 0.3) is 0 Å². The molecular formula is C23H25N5O3S. The maximum absolute atomic E-state index is 13.6. The van der Waals surface area contributed by atoms with Gasteiger partial charge in [-0.15, -0.1) is 0 Å². The van der Waals surface area contributed by atoms with Crippen molar-refractivity contribution in [2.75, 3.05) is 10.6 Å². The summed E-state index contributed by atoms with van der Waals surface area (Å²) < 4.78 is 3.93. The predicted molar refractivity (Wildman–Crippen MR) is 126 cm³/mol. The summed E-state index contributed by atoms with van der Waals surface area (Å²) in [6, 6.07) is 14.1. The van der Waals surface area contributed by atoms with E-state index in [1.807, 2.05) is 56.3 Å². The van der Waals surface area contributed by atoms with Crippen molar-refractivity contribution in [2.24, 2.45) is 5.73 Å². The van der Waals surface area contributed by atoms with E-state index in [1.54, 1.807) is 13.0 Å². The fraction of sp³-hybridized carbons (Fsp3) is 0.217. The first-order valence-electron chi connectivity index (χ1n) is 9.98. The molecule has 0 saturated heterocycles. The topological polar surface area (TPSA) is 131 Å². The zero-order valence-electron chi connectivity index (χ0n) is 18.1. The molecule has 1 aromatic heterocycles. The number of nitrogens with one attached hydrogen (secondary N) is 1. The van der Waals surface area contributed by atoms with Gasteiger partial charge in [-0.3, -0.25) is 19.3 Å². The molecule has 3 rings (SSSR count). The van der Waals surface area contributed by atoms with Crippen molar-refractivity contribution in [1.29, 1.82) is 0 Å². The van der Waals surface area contributed by atoms with Gasteiger partial charge in [-0.25, -0.2) is 0 Å². The summed E-state index contributed by atoms with van der Waals surface area (Å²) in [6.45, 7) is 5.78. The van der Waals surface area contributed by atoms with Crippen LogP contribution in [0.15, 0.2) is 48.5 Å². The third kappa shape index (κ3) is 4.62. The summed E-state index contributed by atoms with van der Waals surface area (Å²) in [5.74, 6) is -1.67. The lowest BCUT2D eigenvalue weighted by atomic mass is 10.0. The minimum Gasteiger partial charge on any atom is -0.395 e. The number of anilines is 2. The molecule has 0 unspecified atom stereocenters. The SMILES string of the molecule is Cc1cccc(N(C(=O)c2snc(C(N)=O)c2N)[C@H](C)C(=O)NCc2ccccc2)c1C. The Morgan fingerprint density at radius 2 is 1.78 bits per heavy atom. The number of aromatic nitrogens is 1. The van der Waals surface area contributed by atoms with Gasteiger partial charge in [0.05, 0.1) is 5.69 Å². The summed E-state index contributed by atoms with van der Waals surface area (Å²) in [4.78, 5) is 39.6. The minimum absolute atomic E-state index is 0.0578. The van der Waals surface area contributed by atoms with E-state index in [0.29, 0.717) is 12.2 Å². The summed E-state index contributed by atoms with van der Waals surface area (Å²) >= 11 is 0.786. The van der Waals surface area contributed by atoms with Gasteiger partial charge in [-0.05, 0) is 55.1 Å². The Hall–Kier alpha value is -3.72. The van der Waals surface area contributed by atoms with Crippen LogP contribution in [0.4, 0.5) is 11.4 Å². The van der Waals surface area contributed by atoms with Crippen LogP contribution < -0.4 is 21.7 Å². The Morgan fingerprint density at radius 1 is 1.09 bits per heavy atom. The molecule has 0 aliphatic carbocycles. The molecule has 0 spiro atoms. The second kappa shape index (κ2) is 9.61. The van der Waals surface area contributed by atoms with E-state index in [1.165, 1.54) is 4.90 Å². The van der Waals surface area contributed by atoms with Crippen LogP contribution >= 0.6 is 11.5 Å². The van der Waals surface area contributed by atoms with E-state index in [2.05, 4.69) is 9.69 Å². The van der Waals surface area contributed by atoms with Crippen molar-refractivity contribution >= 4 is 40.6 Å². The van der Waals surface area contributed by atoms with Gasteiger partial charge in [0.25, 0.3) is 11.8 Å². The van der Waals surface area contributed by atoms with Crippen LogP contribution in [0.5, 0.6) is 0 Å². The lowest BCUT2D eigenvalue weighted by molar-refractivity contribution is -0.122. The first-order valence-corrected chi connectivity index (χ1v) is 10.8. The molecule has 0 saturated carbocycles. The molecule has 0 aliphatic heterocycles. The lowest BCUT2D eigenvalue weighted by Gasteiger charge is -2.30. The van der Waals surface area contributed by atoms with Gasteiger partial charge in [-0.2, -0.15) is 4.37 Å². The number of nitrogens with zero attached hydrogens (tertiary/aromatic N) is 2. The van der Waals surface area contributed by atoms with Crippen molar-refractivity contribution in [2.45, 2.75) is 33.4 Å². The number of hydrogen-bond acceptors (Lipinski definition) is 6. The third-order valence-electron chi connectivity index (χ3n) is 5.29. The molecule has 166 valence electrons. The minimum atomic E-state index is -0.856. The number of carbonyl (C=O) groups excluding carboxylic acids is 3. The highest BCUT2D eigenvalue weighted by Crippen LogP contribution is 2.30. The molecule has 0 aliphatic rings. The van der Waals surface area contributed by atoms with Crippen molar-refractivity contribution in [3.8, 4) is 0 Å². The van der Waals surface area contributed by atoms with Gasteiger partial charge in [0.15, 0.2) is 5.69 Å². The first-order chi connectivity index (χ1) is 15.2. The first kappa shape index (κ1) is 23.0. The highest BCUT2D eigenvalue weighted by Gasteiger charge is 2.33. The van der Waals surface area contributed by atoms with Crippen LogP contribution in [0.1, 0.15) is 43.8 Å². The number of aryl methyl sites for hydroxylation is 1. The zero-order chi connectivity index (χ0) is 23.4. The molecule has 3 aromatic rings. The number of primary amides is 1. The third-order valence-corrected chi connectivity index (χ3v) is 6.14. The summed E-state index contributed by atoms with van der Waals surface area (Å²) in [7, 11) is 0. The summed E-state index contributed by atoms with van der Waals surface area (Å²) in [5.41, 5.74) is 14.4. The number of hydrogen-bond donors (Lipinski definition) is 3. The van der Waals surface area contributed by atoms with Crippen LogP contribution in [0.3, 0.4) is 0 Å². The predicted octanol–water partition coefficient (Wildman–Crippen LogP) is 2.79. The Balaban J connectivity index is 1.97. The van der Waals surface area contributed by atoms with E-state index in [0.717, 1.165) is 28.2 Å². The molecular weight excluding hydrogens is 426 g/mol. The van der Waals surface area contributed by atoms with Crippen LogP contribution in [-0.2, 0) is 11.3 Å². The average Bonchev–Trinajstić information content (AvgIpc) is 3.17. The van der Waals surface area contributed by atoms with Gasteiger partial charge < -0.3 is 16.8 Å². The van der Waals surface area contributed by atoms with Crippen LogP contribution in [-0.4, -0.2) is 28.1 Å². The van der Waals surface area contributed by atoms with Gasteiger partial charge >= 0.3 is 0 Å². The van der Waals surface area contributed by atoms with Crippen molar-refractivity contribution in [3.05, 3.63) is 75.8 Å². The number of rotatable bonds is 7. The summed E-state index contributed by atoms with van der Waals surface area (Å²) in [5, 5.41) is 2.88. The molecule has 0 bridgehead atoms. The smallest absolute Gasteiger partial charge is 0.272 e. The van der Waals surface area contributed by atoms with Gasteiger partial charge in [-0.1, -0.05) is 42.5 Å². The highest BCUT2D eigenvalue weighted by molar-refractivity contribution is 7.09. The quantitative estimate of drug-likeness (QED) is 0.508. The largest absolute Gasteiger partial charge is 0.395 e. The highest BCUT2D eigenvalue weighted by atomic mass is 32.1. The monoisotopic (exact) mass is 451 g/mol. The number of nitrogens with two attached hydrogens (primary N) is 2. The molecule has 1 atom stereocenters. The number of nitrogen functional groups attached to an aromatic ring is 1. The second-order valence-electron chi connectivity index (χ2n) is 7.41. The average molecular weight is 452 g/mol. The molecule has 0 radical (unpaired) electrons. The van der Waals surface area contributed by atoms with E-state index in [4.69, 9.17) is 11.5 Å². The van der Waals surface area contributed by atoms with Crippen LogP contribution in [0, 0.1) is 13.8 Å². The second-order valence-corrected chi connectivity index (χ2v) is 8.19. The van der Waals surface area contributed by atoms with E-state index < -0.39 is 17.9 Å². The molecule has 32 heavy (non-hydrogen) atoms. The molecule has 8 nitrogen and oxygen atoms in total. The normalized spacial score (nSPS) is 11.6. The lowest BCUT2D eigenvalue weighted by Crippen LogP contribution is -2.48. The maximum atomic E-state index is 13.6. The van der Waals surface area contributed by atoms with E-state index in [9.17, 15) is 14.4 Å². The van der Waals surface area contributed by atoms with Crippen molar-refractivity contribution < 1.29 is 14.4 Å². The van der Waals surface area contributed by atoms with Gasteiger partial charge in [0.1, 0.15) is 10.9 Å². The molecule has 3 amide bonds. The molecule has 1 heterocycles. The number of carbonyl (C=O) groups is 3. The molecule has 2 aromatic carbocycles. The summed E-state index contributed by atoms with van der Waals surface area (Å²) in [6.07, 6.45) is 0. The molecule has 9 heteroatoms. The van der Waals surface area contributed by atoms with Crippen molar-refractivity contribution in [1.82, 2.24) is 9.69 Å². The Bertz CT molecular complexity index is 1160. The molecule has 0 fully saturated rings. The fourth-order valence-electron chi connectivity index (χ4n) is 3.28. The van der Waals surface area contributed by atoms with Crippen LogP contribution in [0.2, 0.25) is 0 Å². The maximum Gasteiger partial charge on any atom is 0.272 e.